The van der Waals surface area contributed by atoms with Gasteiger partial charge in [-0.3, -0.25) is 4.79 Å². The van der Waals surface area contributed by atoms with E-state index in [1.54, 1.807) is 36.4 Å². The molecule has 0 aliphatic rings. The van der Waals surface area contributed by atoms with Gasteiger partial charge in [0.25, 0.3) is 0 Å². The molecule has 86 valence electrons. The second-order valence-corrected chi connectivity index (χ2v) is 4.13. The lowest BCUT2D eigenvalue weighted by atomic mass is 9.88. The SMILES string of the molecule is C[C@@](O)(C(=O)c1ccccc1)c1ccccc1. The number of hydrogen-bond donors (Lipinski definition) is 1. The number of carbonyl (C=O) groups excluding carboxylic acids is 1. The molecular formula is C15H14O2. The highest BCUT2D eigenvalue weighted by atomic mass is 16.3. The third kappa shape index (κ3) is 2.27. The van der Waals surface area contributed by atoms with Crippen LogP contribution in [0.5, 0.6) is 0 Å². The van der Waals surface area contributed by atoms with Gasteiger partial charge >= 0.3 is 0 Å². The highest BCUT2D eigenvalue weighted by Crippen LogP contribution is 2.24. The first-order valence-electron chi connectivity index (χ1n) is 5.50. The molecule has 0 saturated carbocycles. The fourth-order valence-corrected chi connectivity index (χ4v) is 1.76. The number of benzene rings is 2. The summed E-state index contributed by atoms with van der Waals surface area (Å²) in [4.78, 5) is 12.2. The highest BCUT2D eigenvalue weighted by Gasteiger charge is 2.32. The lowest BCUT2D eigenvalue weighted by molar-refractivity contribution is 0.0392. The Morgan fingerprint density at radius 2 is 1.41 bits per heavy atom. The van der Waals surface area contributed by atoms with Gasteiger partial charge < -0.3 is 5.11 Å². The Hall–Kier alpha value is -1.93. The van der Waals surface area contributed by atoms with E-state index in [4.69, 9.17) is 0 Å². The molecule has 0 aliphatic carbocycles. The van der Waals surface area contributed by atoms with E-state index in [1.807, 2.05) is 24.3 Å². The van der Waals surface area contributed by atoms with Crippen LogP contribution in [0.15, 0.2) is 60.7 Å². The van der Waals surface area contributed by atoms with Gasteiger partial charge in [0.05, 0.1) is 0 Å². The van der Waals surface area contributed by atoms with Crippen LogP contribution in [0.1, 0.15) is 22.8 Å². The van der Waals surface area contributed by atoms with Gasteiger partial charge in [-0.25, -0.2) is 0 Å². The Bertz CT molecular complexity index is 501. The van der Waals surface area contributed by atoms with Crippen molar-refractivity contribution in [2.45, 2.75) is 12.5 Å². The minimum atomic E-state index is -1.48. The van der Waals surface area contributed by atoms with E-state index in [2.05, 4.69) is 0 Å². The Kier molecular flexibility index (Phi) is 3.07. The average molecular weight is 226 g/mol. The zero-order valence-corrected chi connectivity index (χ0v) is 9.63. The molecule has 0 bridgehead atoms. The minimum absolute atomic E-state index is 0.288. The largest absolute Gasteiger partial charge is 0.377 e. The van der Waals surface area contributed by atoms with Crippen LogP contribution >= 0.6 is 0 Å². The number of carbonyl (C=O) groups is 1. The van der Waals surface area contributed by atoms with E-state index < -0.39 is 5.60 Å². The first kappa shape index (κ1) is 11.6. The Morgan fingerprint density at radius 1 is 0.941 bits per heavy atom. The molecule has 2 heteroatoms. The molecule has 0 amide bonds. The third-order valence-corrected chi connectivity index (χ3v) is 2.81. The number of rotatable bonds is 3. The zero-order chi connectivity index (χ0) is 12.3. The van der Waals surface area contributed by atoms with Crippen molar-refractivity contribution >= 4 is 5.78 Å². The molecule has 0 heterocycles. The molecule has 0 radical (unpaired) electrons. The second kappa shape index (κ2) is 4.52. The molecule has 2 nitrogen and oxygen atoms in total. The van der Waals surface area contributed by atoms with Crippen molar-refractivity contribution in [2.24, 2.45) is 0 Å². The van der Waals surface area contributed by atoms with Crippen molar-refractivity contribution < 1.29 is 9.90 Å². The number of Topliss-reactive ketones (excluding diaryl/α,β-unsaturated/α-hetero) is 1. The Labute approximate surface area is 101 Å². The van der Waals surface area contributed by atoms with E-state index in [0.717, 1.165) is 0 Å². The lowest BCUT2D eigenvalue weighted by Crippen LogP contribution is -2.32. The lowest BCUT2D eigenvalue weighted by Gasteiger charge is -2.22. The summed E-state index contributed by atoms with van der Waals surface area (Å²) in [6, 6.07) is 17.8. The van der Waals surface area contributed by atoms with E-state index in [9.17, 15) is 9.90 Å². The molecule has 1 atom stereocenters. The second-order valence-electron chi connectivity index (χ2n) is 4.13. The minimum Gasteiger partial charge on any atom is -0.377 e. The van der Waals surface area contributed by atoms with Gasteiger partial charge in [0.2, 0.25) is 0 Å². The molecule has 0 aromatic heterocycles. The maximum Gasteiger partial charge on any atom is 0.198 e. The quantitative estimate of drug-likeness (QED) is 0.817. The van der Waals surface area contributed by atoms with Crippen LogP contribution in [0.3, 0.4) is 0 Å². The molecule has 2 aromatic rings. The van der Waals surface area contributed by atoms with Crippen molar-refractivity contribution in [1.29, 1.82) is 0 Å². The Morgan fingerprint density at radius 3 is 1.94 bits per heavy atom. The molecule has 2 aromatic carbocycles. The molecule has 2 rings (SSSR count). The normalized spacial score (nSPS) is 14.0. The van der Waals surface area contributed by atoms with E-state index in [1.165, 1.54) is 6.92 Å². The molecule has 0 aliphatic heterocycles. The first-order valence-corrected chi connectivity index (χ1v) is 5.50. The molecular weight excluding hydrogens is 212 g/mol. The van der Waals surface area contributed by atoms with Gasteiger partial charge in [-0.15, -0.1) is 0 Å². The van der Waals surface area contributed by atoms with Gasteiger partial charge in [-0.2, -0.15) is 0 Å². The van der Waals surface area contributed by atoms with Crippen LogP contribution in [0.2, 0.25) is 0 Å². The van der Waals surface area contributed by atoms with E-state index in [-0.39, 0.29) is 5.78 Å². The summed E-state index contributed by atoms with van der Waals surface area (Å²) in [6.45, 7) is 1.53. The fourth-order valence-electron chi connectivity index (χ4n) is 1.76. The van der Waals surface area contributed by atoms with Crippen LogP contribution in [-0.4, -0.2) is 10.9 Å². The van der Waals surface area contributed by atoms with Gasteiger partial charge in [0.1, 0.15) is 5.60 Å². The van der Waals surface area contributed by atoms with Gasteiger partial charge in [-0.05, 0) is 12.5 Å². The predicted molar refractivity (Wildman–Crippen MR) is 66.8 cm³/mol. The highest BCUT2D eigenvalue weighted by molar-refractivity contribution is 6.02. The average Bonchev–Trinajstić information content (AvgIpc) is 2.40. The molecule has 17 heavy (non-hydrogen) atoms. The van der Waals surface area contributed by atoms with Crippen molar-refractivity contribution in [3.63, 3.8) is 0 Å². The van der Waals surface area contributed by atoms with Crippen molar-refractivity contribution in [3.05, 3.63) is 71.8 Å². The number of aliphatic hydroxyl groups is 1. The summed E-state index contributed by atoms with van der Waals surface area (Å²) in [7, 11) is 0. The predicted octanol–water partition coefficient (Wildman–Crippen LogP) is 2.78. The van der Waals surface area contributed by atoms with Crippen LogP contribution in [0.25, 0.3) is 0 Å². The van der Waals surface area contributed by atoms with Crippen LogP contribution in [-0.2, 0) is 5.60 Å². The van der Waals surface area contributed by atoms with Crippen molar-refractivity contribution in [3.8, 4) is 0 Å². The smallest absolute Gasteiger partial charge is 0.198 e. The van der Waals surface area contributed by atoms with Gasteiger partial charge in [-0.1, -0.05) is 60.7 Å². The van der Waals surface area contributed by atoms with Gasteiger partial charge in [0.15, 0.2) is 5.78 Å². The van der Waals surface area contributed by atoms with Crippen molar-refractivity contribution in [1.82, 2.24) is 0 Å². The standard InChI is InChI=1S/C15H14O2/c1-15(17,13-10-6-3-7-11-13)14(16)12-8-4-2-5-9-12/h2-11,17H,1H3/t15-/m0/s1. The summed E-state index contributed by atoms with van der Waals surface area (Å²) in [5, 5.41) is 10.4. The third-order valence-electron chi connectivity index (χ3n) is 2.81. The van der Waals surface area contributed by atoms with Crippen LogP contribution in [0, 0.1) is 0 Å². The molecule has 1 N–H and O–H groups in total. The van der Waals surface area contributed by atoms with E-state index in [0.29, 0.717) is 11.1 Å². The van der Waals surface area contributed by atoms with Crippen LogP contribution in [0.4, 0.5) is 0 Å². The summed E-state index contributed by atoms with van der Waals surface area (Å²) in [5.41, 5.74) is -0.363. The van der Waals surface area contributed by atoms with Gasteiger partial charge in [0, 0.05) is 5.56 Å². The fraction of sp³-hybridized carbons (Fsp3) is 0.133. The summed E-state index contributed by atoms with van der Waals surface area (Å²) < 4.78 is 0. The maximum atomic E-state index is 12.2. The van der Waals surface area contributed by atoms with Crippen molar-refractivity contribution in [2.75, 3.05) is 0 Å². The monoisotopic (exact) mass is 226 g/mol. The first-order chi connectivity index (χ1) is 8.12. The summed E-state index contributed by atoms with van der Waals surface area (Å²) >= 11 is 0. The number of hydrogen-bond acceptors (Lipinski definition) is 2. The zero-order valence-electron chi connectivity index (χ0n) is 9.63. The Balaban J connectivity index is 2.37. The van der Waals surface area contributed by atoms with Crippen LogP contribution < -0.4 is 0 Å². The maximum absolute atomic E-state index is 12.2. The summed E-state index contributed by atoms with van der Waals surface area (Å²) in [6.07, 6.45) is 0. The molecule has 0 spiro atoms. The summed E-state index contributed by atoms with van der Waals surface area (Å²) in [5.74, 6) is -0.288. The van der Waals surface area contributed by atoms with E-state index >= 15 is 0 Å². The molecule has 0 fully saturated rings. The topological polar surface area (TPSA) is 37.3 Å². The molecule has 0 saturated heterocycles. The molecule has 0 unspecified atom stereocenters. The number of ketones is 1.